The van der Waals surface area contributed by atoms with Crippen LogP contribution in [0.3, 0.4) is 0 Å². The van der Waals surface area contributed by atoms with Gasteiger partial charge >= 0.3 is 0 Å². The van der Waals surface area contributed by atoms with Crippen LogP contribution in [-0.4, -0.2) is 26.7 Å². The summed E-state index contributed by atoms with van der Waals surface area (Å²) in [4.78, 5) is 12.0. The van der Waals surface area contributed by atoms with E-state index < -0.39 is 0 Å². The Morgan fingerprint density at radius 2 is 1.83 bits per heavy atom. The molecule has 0 aliphatic carbocycles. The van der Waals surface area contributed by atoms with Crippen molar-refractivity contribution in [1.29, 1.82) is 0 Å². The van der Waals surface area contributed by atoms with Crippen LogP contribution in [0, 0.1) is 0 Å². The molecule has 0 bridgehead atoms. The zero-order valence-corrected chi connectivity index (χ0v) is 13.8. The molecule has 122 valence electrons. The molecule has 0 aliphatic heterocycles. The molecule has 0 aromatic heterocycles. The number of rotatable bonds is 7. The molecule has 0 spiro atoms. The van der Waals surface area contributed by atoms with Gasteiger partial charge in [-0.25, -0.2) is 0 Å². The van der Waals surface area contributed by atoms with Gasteiger partial charge in [0.1, 0.15) is 0 Å². The van der Waals surface area contributed by atoms with Gasteiger partial charge in [-0.15, -0.1) is 0 Å². The number of methoxy groups -OCH3 is 2. The van der Waals surface area contributed by atoms with E-state index in [4.69, 9.17) is 21.1 Å². The molecule has 0 atom stereocenters. The van der Waals surface area contributed by atoms with Gasteiger partial charge < -0.3 is 20.1 Å². The molecule has 0 radical (unpaired) electrons. The minimum absolute atomic E-state index is 0.0910. The maximum Gasteiger partial charge on any atom is 0.226 e. The molecular weight excluding hydrogens is 316 g/mol. The van der Waals surface area contributed by atoms with Gasteiger partial charge in [-0.2, -0.15) is 0 Å². The zero-order valence-electron chi connectivity index (χ0n) is 13.1. The van der Waals surface area contributed by atoms with E-state index >= 15 is 0 Å². The summed E-state index contributed by atoms with van der Waals surface area (Å²) in [5, 5.41) is 6.64. The van der Waals surface area contributed by atoms with Crippen molar-refractivity contribution in [1.82, 2.24) is 0 Å². The SMILES string of the molecule is COc1ccc(NC(=O)CCNc2cccc(Cl)c2)cc1OC. The highest BCUT2D eigenvalue weighted by atomic mass is 35.5. The number of carbonyl (C=O) groups is 1. The van der Waals surface area contributed by atoms with Gasteiger partial charge in [-0.3, -0.25) is 4.79 Å². The summed E-state index contributed by atoms with van der Waals surface area (Å²) in [6, 6.07) is 12.6. The van der Waals surface area contributed by atoms with Gasteiger partial charge in [-0.05, 0) is 30.3 Å². The fourth-order valence-corrected chi connectivity index (χ4v) is 2.25. The highest BCUT2D eigenvalue weighted by Crippen LogP contribution is 2.29. The van der Waals surface area contributed by atoms with Gasteiger partial charge in [0, 0.05) is 35.4 Å². The van der Waals surface area contributed by atoms with Crippen LogP contribution in [-0.2, 0) is 4.79 Å². The Balaban J connectivity index is 1.85. The second kappa shape index (κ2) is 8.29. The normalized spacial score (nSPS) is 10.0. The van der Waals surface area contributed by atoms with Crippen molar-refractivity contribution in [2.24, 2.45) is 0 Å². The Bertz CT molecular complexity index is 677. The summed E-state index contributed by atoms with van der Waals surface area (Å²) >= 11 is 5.91. The van der Waals surface area contributed by atoms with E-state index in [1.54, 1.807) is 38.5 Å². The lowest BCUT2D eigenvalue weighted by Crippen LogP contribution is -2.16. The lowest BCUT2D eigenvalue weighted by atomic mass is 10.2. The fourth-order valence-electron chi connectivity index (χ4n) is 2.06. The van der Waals surface area contributed by atoms with E-state index in [1.807, 2.05) is 18.2 Å². The van der Waals surface area contributed by atoms with Gasteiger partial charge in [0.05, 0.1) is 14.2 Å². The van der Waals surface area contributed by atoms with Crippen LogP contribution in [0.4, 0.5) is 11.4 Å². The Morgan fingerprint density at radius 3 is 2.52 bits per heavy atom. The molecule has 0 saturated heterocycles. The maximum absolute atomic E-state index is 12.0. The van der Waals surface area contributed by atoms with Crippen LogP contribution in [0.2, 0.25) is 5.02 Å². The molecule has 0 fully saturated rings. The smallest absolute Gasteiger partial charge is 0.226 e. The molecule has 6 heteroatoms. The largest absolute Gasteiger partial charge is 0.493 e. The minimum Gasteiger partial charge on any atom is -0.493 e. The summed E-state index contributed by atoms with van der Waals surface area (Å²) < 4.78 is 10.4. The molecule has 2 N–H and O–H groups in total. The Morgan fingerprint density at radius 1 is 1.04 bits per heavy atom. The van der Waals surface area contributed by atoms with E-state index in [0.717, 1.165) is 5.69 Å². The first kappa shape index (κ1) is 17.0. The van der Waals surface area contributed by atoms with Crippen molar-refractivity contribution in [2.75, 3.05) is 31.4 Å². The number of anilines is 2. The first-order valence-corrected chi connectivity index (χ1v) is 7.51. The predicted octanol–water partition coefficient (Wildman–Crippen LogP) is 3.80. The number of halogens is 1. The van der Waals surface area contributed by atoms with E-state index in [1.165, 1.54) is 0 Å². The van der Waals surface area contributed by atoms with Crippen molar-refractivity contribution in [2.45, 2.75) is 6.42 Å². The third-order valence-electron chi connectivity index (χ3n) is 3.17. The van der Waals surface area contributed by atoms with E-state index in [2.05, 4.69) is 10.6 Å². The molecule has 1 amide bonds. The van der Waals surface area contributed by atoms with Crippen LogP contribution in [0.15, 0.2) is 42.5 Å². The highest BCUT2D eigenvalue weighted by Gasteiger charge is 2.07. The van der Waals surface area contributed by atoms with Crippen LogP contribution in [0.5, 0.6) is 11.5 Å². The molecule has 0 aliphatic rings. The molecule has 2 rings (SSSR count). The second-order valence-corrected chi connectivity index (χ2v) is 5.24. The average molecular weight is 335 g/mol. The van der Waals surface area contributed by atoms with Crippen molar-refractivity contribution >= 4 is 28.9 Å². The third-order valence-corrected chi connectivity index (χ3v) is 3.41. The number of amides is 1. The second-order valence-electron chi connectivity index (χ2n) is 4.81. The van der Waals surface area contributed by atoms with Crippen LogP contribution in [0.25, 0.3) is 0 Å². The fraction of sp³-hybridized carbons (Fsp3) is 0.235. The van der Waals surface area contributed by atoms with E-state index in [-0.39, 0.29) is 5.91 Å². The number of ether oxygens (including phenoxy) is 2. The number of nitrogens with one attached hydrogen (secondary N) is 2. The van der Waals surface area contributed by atoms with E-state index in [9.17, 15) is 4.79 Å². The monoisotopic (exact) mass is 334 g/mol. The summed E-state index contributed by atoms with van der Waals surface area (Å²) in [5.74, 6) is 1.10. The van der Waals surface area contributed by atoms with Crippen LogP contribution in [0.1, 0.15) is 6.42 Å². The lowest BCUT2D eigenvalue weighted by Gasteiger charge is -2.11. The van der Waals surface area contributed by atoms with Crippen LogP contribution < -0.4 is 20.1 Å². The van der Waals surface area contributed by atoms with Gasteiger partial charge in [-0.1, -0.05) is 17.7 Å². The topological polar surface area (TPSA) is 59.6 Å². The van der Waals surface area contributed by atoms with Crippen LogP contribution >= 0.6 is 11.6 Å². The number of hydrogen-bond acceptors (Lipinski definition) is 4. The highest BCUT2D eigenvalue weighted by molar-refractivity contribution is 6.30. The quantitative estimate of drug-likeness (QED) is 0.808. The Labute approximate surface area is 140 Å². The molecule has 2 aromatic rings. The standard InChI is InChI=1S/C17H19ClN2O3/c1-22-15-7-6-14(11-16(15)23-2)20-17(21)8-9-19-13-5-3-4-12(18)10-13/h3-7,10-11,19H,8-9H2,1-2H3,(H,20,21). The molecule has 0 heterocycles. The molecule has 0 unspecified atom stereocenters. The van der Waals surface area contributed by atoms with E-state index in [0.29, 0.717) is 35.2 Å². The summed E-state index contributed by atoms with van der Waals surface area (Å²) in [6.07, 6.45) is 0.334. The van der Waals surface area contributed by atoms with Gasteiger partial charge in [0.2, 0.25) is 5.91 Å². The molecule has 2 aromatic carbocycles. The lowest BCUT2D eigenvalue weighted by molar-refractivity contribution is -0.115. The zero-order chi connectivity index (χ0) is 16.7. The molecule has 5 nitrogen and oxygen atoms in total. The Hall–Kier alpha value is -2.40. The third kappa shape index (κ3) is 5.07. The summed E-state index contributed by atoms with van der Waals surface area (Å²) in [5.41, 5.74) is 1.55. The maximum atomic E-state index is 12.0. The molecule has 23 heavy (non-hydrogen) atoms. The average Bonchev–Trinajstić information content (AvgIpc) is 2.54. The van der Waals surface area contributed by atoms with Crippen molar-refractivity contribution in [3.05, 3.63) is 47.5 Å². The first-order chi connectivity index (χ1) is 11.1. The number of hydrogen-bond donors (Lipinski definition) is 2. The van der Waals surface area contributed by atoms with Gasteiger partial charge in [0.25, 0.3) is 0 Å². The number of benzene rings is 2. The molecular formula is C17H19ClN2O3. The van der Waals surface area contributed by atoms with Crippen molar-refractivity contribution in [3.63, 3.8) is 0 Å². The van der Waals surface area contributed by atoms with Gasteiger partial charge in [0.15, 0.2) is 11.5 Å². The number of carbonyl (C=O) groups excluding carboxylic acids is 1. The molecule has 0 saturated carbocycles. The first-order valence-electron chi connectivity index (χ1n) is 7.13. The minimum atomic E-state index is -0.0910. The summed E-state index contributed by atoms with van der Waals surface area (Å²) in [7, 11) is 3.12. The predicted molar refractivity (Wildman–Crippen MR) is 92.7 cm³/mol. The Kier molecular flexibility index (Phi) is 6.11. The summed E-state index contributed by atoms with van der Waals surface area (Å²) in [6.45, 7) is 0.513. The van der Waals surface area contributed by atoms with Crippen molar-refractivity contribution in [3.8, 4) is 11.5 Å². The van der Waals surface area contributed by atoms with Crippen molar-refractivity contribution < 1.29 is 14.3 Å².